The van der Waals surface area contributed by atoms with Gasteiger partial charge in [-0.25, -0.2) is 0 Å². The lowest BCUT2D eigenvalue weighted by atomic mass is 9.77. The van der Waals surface area contributed by atoms with E-state index in [-0.39, 0.29) is 0 Å². The van der Waals surface area contributed by atoms with Crippen molar-refractivity contribution in [3.8, 4) is 0 Å². The van der Waals surface area contributed by atoms with Crippen LogP contribution in [0.3, 0.4) is 0 Å². The Balaban J connectivity index is 1.77. The van der Waals surface area contributed by atoms with Crippen molar-refractivity contribution in [2.24, 2.45) is 5.92 Å². The summed E-state index contributed by atoms with van der Waals surface area (Å²) < 4.78 is 0. The van der Waals surface area contributed by atoms with E-state index in [1.165, 1.54) is 56.9 Å². The molecule has 0 bridgehead atoms. The molecule has 1 aromatic rings. The highest BCUT2D eigenvalue weighted by Gasteiger charge is 2.21. The summed E-state index contributed by atoms with van der Waals surface area (Å²) in [6.07, 6.45) is 16.8. The highest BCUT2D eigenvalue weighted by Crippen LogP contribution is 2.37. The van der Waals surface area contributed by atoms with E-state index in [2.05, 4.69) is 49.9 Å². The Morgan fingerprint density at radius 2 is 1.81 bits per heavy atom. The zero-order chi connectivity index (χ0) is 14.9. The number of allylic oxidation sites excluding steroid dienone is 3. The van der Waals surface area contributed by atoms with Crippen LogP contribution in [-0.4, -0.2) is 0 Å². The Hall–Kier alpha value is -1.30. The van der Waals surface area contributed by atoms with Crippen LogP contribution in [-0.2, 0) is 6.42 Å². The molecule has 114 valence electrons. The number of rotatable bonds is 7. The third kappa shape index (κ3) is 5.19. The predicted molar refractivity (Wildman–Crippen MR) is 93.7 cm³/mol. The van der Waals surface area contributed by atoms with E-state index in [4.69, 9.17) is 0 Å². The van der Waals surface area contributed by atoms with Crippen LogP contribution in [0.4, 0.5) is 0 Å². The minimum Gasteiger partial charge on any atom is -0.0991 e. The summed E-state index contributed by atoms with van der Waals surface area (Å²) in [7, 11) is 0. The molecule has 0 heteroatoms. The molecule has 0 saturated heterocycles. The smallest absolute Gasteiger partial charge is 0.0162 e. The van der Waals surface area contributed by atoms with Crippen LogP contribution in [0.1, 0.15) is 68.9 Å². The van der Waals surface area contributed by atoms with Crippen LogP contribution >= 0.6 is 0 Å². The van der Waals surface area contributed by atoms with Gasteiger partial charge >= 0.3 is 0 Å². The van der Waals surface area contributed by atoms with E-state index < -0.39 is 0 Å². The fourth-order valence-electron chi connectivity index (χ4n) is 3.55. The van der Waals surface area contributed by atoms with Crippen LogP contribution in [0.5, 0.6) is 0 Å². The van der Waals surface area contributed by atoms with E-state index in [0.717, 1.165) is 11.8 Å². The average Bonchev–Trinajstić information content (AvgIpc) is 2.53. The Kier molecular flexibility index (Phi) is 6.79. The summed E-state index contributed by atoms with van der Waals surface area (Å²) in [4.78, 5) is 0. The first-order chi connectivity index (χ1) is 10.3. The van der Waals surface area contributed by atoms with Crippen LogP contribution in [0, 0.1) is 5.92 Å². The van der Waals surface area contributed by atoms with Gasteiger partial charge < -0.3 is 0 Å². The summed E-state index contributed by atoms with van der Waals surface area (Å²) >= 11 is 0. The SMILES string of the molecule is C=CC=CCCC1CCC(c2ccc(CCC)cc2)CC1. The number of benzene rings is 1. The second-order valence-corrected chi connectivity index (χ2v) is 6.45. The molecule has 0 unspecified atom stereocenters. The van der Waals surface area contributed by atoms with E-state index in [1.807, 2.05) is 6.08 Å². The Labute approximate surface area is 131 Å². The molecular formula is C21H30. The van der Waals surface area contributed by atoms with Crippen LogP contribution < -0.4 is 0 Å². The van der Waals surface area contributed by atoms with E-state index >= 15 is 0 Å². The molecule has 0 heterocycles. The van der Waals surface area contributed by atoms with Crippen molar-refractivity contribution in [3.05, 3.63) is 60.2 Å². The zero-order valence-electron chi connectivity index (χ0n) is 13.6. The van der Waals surface area contributed by atoms with Gasteiger partial charge in [0.15, 0.2) is 0 Å². The van der Waals surface area contributed by atoms with Crippen LogP contribution in [0.25, 0.3) is 0 Å². The van der Waals surface area contributed by atoms with Gasteiger partial charge in [0.1, 0.15) is 0 Å². The average molecular weight is 282 g/mol. The van der Waals surface area contributed by atoms with Gasteiger partial charge in [0.05, 0.1) is 0 Å². The Morgan fingerprint density at radius 1 is 1.10 bits per heavy atom. The van der Waals surface area contributed by atoms with Gasteiger partial charge in [0.2, 0.25) is 0 Å². The Bertz CT molecular complexity index is 430. The first-order valence-electron chi connectivity index (χ1n) is 8.70. The lowest BCUT2D eigenvalue weighted by Gasteiger charge is -2.28. The standard InChI is InChI=1S/C21H30/c1-3-5-6-7-9-19-12-16-21(17-13-19)20-14-10-18(8-4-2)11-15-20/h3,5-6,10-11,14-15,19,21H,1,4,7-9,12-13,16-17H2,2H3. The van der Waals surface area contributed by atoms with Gasteiger partial charge in [-0.15, -0.1) is 0 Å². The van der Waals surface area contributed by atoms with Gasteiger partial charge in [-0.2, -0.15) is 0 Å². The molecule has 21 heavy (non-hydrogen) atoms. The number of hydrogen-bond donors (Lipinski definition) is 0. The van der Waals surface area contributed by atoms with Crippen molar-refractivity contribution in [2.45, 2.75) is 64.2 Å². The van der Waals surface area contributed by atoms with Gasteiger partial charge in [-0.3, -0.25) is 0 Å². The van der Waals surface area contributed by atoms with Gasteiger partial charge in [0, 0.05) is 0 Å². The molecule has 1 aliphatic rings. The molecular weight excluding hydrogens is 252 g/mol. The van der Waals surface area contributed by atoms with E-state index in [1.54, 1.807) is 5.56 Å². The first kappa shape index (κ1) is 16.1. The quantitative estimate of drug-likeness (QED) is 0.505. The van der Waals surface area contributed by atoms with Crippen molar-refractivity contribution in [1.82, 2.24) is 0 Å². The monoisotopic (exact) mass is 282 g/mol. The predicted octanol–water partition coefficient (Wildman–Crippen LogP) is 6.44. The molecule has 0 atom stereocenters. The molecule has 1 saturated carbocycles. The second-order valence-electron chi connectivity index (χ2n) is 6.45. The maximum absolute atomic E-state index is 3.72. The van der Waals surface area contributed by atoms with Crippen molar-refractivity contribution in [1.29, 1.82) is 0 Å². The highest BCUT2D eigenvalue weighted by molar-refractivity contribution is 5.25. The lowest BCUT2D eigenvalue weighted by molar-refractivity contribution is 0.312. The molecule has 2 rings (SSSR count). The highest BCUT2D eigenvalue weighted by atomic mass is 14.3. The largest absolute Gasteiger partial charge is 0.0991 e. The van der Waals surface area contributed by atoms with E-state index in [9.17, 15) is 0 Å². The molecule has 0 spiro atoms. The van der Waals surface area contributed by atoms with Crippen molar-refractivity contribution in [2.75, 3.05) is 0 Å². The summed E-state index contributed by atoms with van der Waals surface area (Å²) in [5.41, 5.74) is 3.06. The third-order valence-electron chi connectivity index (χ3n) is 4.85. The second kappa shape index (κ2) is 8.87. The first-order valence-corrected chi connectivity index (χ1v) is 8.70. The normalized spacial score (nSPS) is 22.5. The lowest BCUT2D eigenvalue weighted by Crippen LogP contribution is -2.13. The third-order valence-corrected chi connectivity index (χ3v) is 4.85. The summed E-state index contributed by atoms with van der Waals surface area (Å²) in [6, 6.07) is 9.43. The minimum atomic E-state index is 0.806. The molecule has 0 radical (unpaired) electrons. The summed E-state index contributed by atoms with van der Waals surface area (Å²) in [5, 5.41) is 0. The molecule has 0 aromatic heterocycles. The molecule has 0 amide bonds. The Morgan fingerprint density at radius 3 is 2.43 bits per heavy atom. The van der Waals surface area contributed by atoms with Crippen molar-refractivity contribution in [3.63, 3.8) is 0 Å². The van der Waals surface area contributed by atoms with Crippen molar-refractivity contribution < 1.29 is 0 Å². The zero-order valence-corrected chi connectivity index (χ0v) is 13.6. The summed E-state index contributed by atoms with van der Waals surface area (Å²) in [5.74, 6) is 1.75. The van der Waals surface area contributed by atoms with E-state index in [0.29, 0.717) is 0 Å². The van der Waals surface area contributed by atoms with Crippen molar-refractivity contribution >= 4 is 0 Å². The van der Waals surface area contributed by atoms with Gasteiger partial charge in [-0.05, 0) is 67.9 Å². The molecule has 1 aliphatic carbocycles. The number of hydrogen-bond acceptors (Lipinski definition) is 0. The summed E-state index contributed by atoms with van der Waals surface area (Å²) in [6.45, 7) is 5.97. The fraction of sp³-hybridized carbons (Fsp3) is 0.524. The minimum absolute atomic E-state index is 0.806. The molecule has 0 aliphatic heterocycles. The molecule has 1 fully saturated rings. The van der Waals surface area contributed by atoms with Crippen LogP contribution in [0.2, 0.25) is 0 Å². The maximum atomic E-state index is 3.72. The van der Waals surface area contributed by atoms with Gasteiger partial charge in [0.25, 0.3) is 0 Å². The van der Waals surface area contributed by atoms with Crippen LogP contribution in [0.15, 0.2) is 49.1 Å². The molecule has 0 nitrogen and oxygen atoms in total. The van der Waals surface area contributed by atoms with Gasteiger partial charge in [-0.1, -0.05) is 62.4 Å². The molecule has 0 N–H and O–H groups in total. The maximum Gasteiger partial charge on any atom is -0.0162 e. The topological polar surface area (TPSA) is 0 Å². The number of aryl methyl sites for hydroxylation is 1. The fourth-order valence-corrected chi connectivity index (χ4v) is 3.55. The molecule has 1 aromatic carbocycles.